The summed E-state index contributed by atoms with van der Waals surface area (Å²) in [4.78, 5) is 17.4. The van der Waals surface area contributed by atoms with Crippen LogP contribution in [-0.2, 0) is 11.3 Å². The third kappa shape index (κ3) is 5.42. The zero-order chi connectivity index (χ0) is 27.4. The standard InChI is InChI=1S/C30H28N4O5/c1-36-26-15-21(16-27(37-2)29(26)38-3)33-30(35)39-17-18-12-19(31)14-20(13-18)32-28-22-8-4-6-10-24(22)34-25-11-7-5-9-23(25)28/h4-16H,17,31H2,1-3H3,(H,32,34)(H,33,35). The first-order valence-electron chi connectivity index (χ1n) is 12.2. The van der Waals surface area contributed by atoms with E-state index in [1.165, 1.54) is 21.3 Å². The van der Waals surface area contributed by atoms with Crippen molar-refractivity contribution >= 4 is 50.6 Å². The number of rotatable bonds is 8. The second kappa shape index (κ2) is 11.1. The number of nitrogen functional groups attached to an aromatic ring is 1. The topological polar surface area (TPSA) is 117 Å². The SMILES string of the molecule is COc1cc(NC(=O)OCc2cc(N)cc(Nc3c4ccccc4nc4ccccc34)c2)cc(OC)c1OC. The zero-order valence-corrected chi connectivity index (χ0v) is 21.8. The first kappa shape index (κ1) is 25.5. The van der Waals surface area contributed by atoms with E-state index in [2.05, 4.69) is 10.6 Å². The largest absolute Gasteiger partial charge is 0.493 e. The molecule has 0 atom stereocenters. The van der Waals surface area contributed by atoms with Crippen LogP contribution in [0.1, 0.15) is 5.56 Å². The Morgan fingerprint density at radius 1 is 0.795 bits per heavy atom. The molecular formula is C30H28N4O5. The van der Waals surface area contributed by atoms with Crippen LogP contribution < -0.4 is 30.6 Å². The van der Waals surface area contributed by atoms with Crippen molar-refractivity contribution in [2.45, 2.75) is 6.61 Å². The maximum absolute atomic E-state index is 12.6. The number of aromatic nitrogens is 1. The molecule has 0 bridgehead atoms. The van der Waals surface area contributed by atoms with E-state index in [0.29, 0.717) is 28.6 Å². The first-order valence-corrected chi connectivity index (χ1v) is 12.2. The van der Waals surface area contributed by atoms with E-state index in [4.69, 9.17) is 29.7 Å². The summed E-state index contributed by atoms with van der Waals surface area (Å²) in [6.07, 6.45) is -0.646. The van der Waals surface area contributed by atoms with E-state index in [1.54, 1.807) is 18.2 Å². The Hall–Kier alpha value is -5.18. The van der Waals surface area contributed by atoms with Crippen LogP contribution >= 0.6 is 0 Å². The fourth-order valence-corrected chi connectivity index (χ4v) is 4.45. The summed E-state index contributed by atoms with van der Waals surface area (Å²) in [6.45, 7) is 0.00776. The molecule has 9 heteroatoms. The van der Waals surface area contributed by atoms with Gasteiger partial charge in [-0.1, -0.05) is 36.4 Å². The molecule has 0 saturated carbocycles. The van der Waals surface area contributed by atoms with E-state index >= 15 is 0 Å². The number of para-hydroxylation sites is 2. The Morgan fingerprint density at radius 2 is 1.41 bits per heavy atom. The highest BCUT2D eigenvalue weighted by Crippen LogP contribution is 2.40. The molecular weight excluding hydrogens is 496 g/mol. The molecule has 39 heavy (non-hydrogen) atoms. The average Bonchev–Trinajstić information content (AvgIpc) is 2.95. The fraction of sp³-hybridized carbons (Fsp3) is 0.133. The molecule has 198 valence electrons. The van der Waals surface area contributed by atoms with Gasteiger partial charge in [-0.15, -0.1) is 0 Å². The lowest BCUT2D eigenvalue weighted by molar-refractivity contribution is 0.155. The highest BCUT2D eigenvalue weighted by atomic mass is 16.5. The molecule has 0 spiro atoms. The number of nitrogens with two attached hydrogens (primary N) is 1. The van der Waals surface area contributed by atoms with Crippen LogP contribution in [0.4, 0.5) is 27.5 Å². The number of benzene rings is 4. The molecule has 5 aromatic rings. The van der Waals surface area contributed by atoms with Gasteiger partial charge in [0.1, 0.15) is 6.61 Å². The molecule has 0 fully saturated rings. The van der Waals surface area contributed by atoms with Crippen molar-refractivity contribution in [3.05, 3.63) is 84.4 Å². The van der Waals surface area contributed by atoms with E-state index in [9.17, 15) is 4.79 Å². The monoisotopic (exact) mass is 524 g/mol. The molecule has 5 rings (SSSR count). The van der Waals surface area contributed by atoms with Crippen molar-refractivity contribution in [1.29, 1.82) is 0 Å². The number of hydrogen-bond donors (Lipinski definition) is 3. The normalized spacial score (nSPS) is 10.7. The maximum Gasteiger partial charge on any atom is 0.411 e. The second-order valence-corrected chi connectivity index (χ2v) is 8.72. The Morgan fingerprint density at radius 3 is 2.00 bits per heavy atom. The maximum atomic E-state index is 12.6. The summed E-state index contributed by atoms with van der Waals surface area (Å²) in [5.41, 5.74) is 11.4. The van der Waals surface area contributed by atoms with Crippen LogP contribution in [0.25, 0.3) is 21.8 Å². The van der Waals surface area contributed by atoms with Gasteiger partial charge in [0.05, 0.1) is 43.7 Å². The number of carbonyl (C=O) groups excluding carboxylic acids is 1. The third-order valence-electron chi connectivity index (χ3n) is 6.15. The number of ether oxygens (including phenoxy) is 4. The van der Waals surface area contributed by atoms with Gasteiger partial charge in [0.15, 0.2) is 11.5 Å². The molecule has 9 nitrogen and oxygen atoms in total. The van der Waals surface area contributed by atoms with Gasteiger partial charge in [-0.25, -0.2) is 9.78 Å². The summed E-state index contributed by atoms with van der Waals surface area (Å²) >= 11 is 0. The van der Waals surface area contributed by atoms with Gasteiger partial charge in [-0.05, 0) is 35.9 Å². The minimum absolute atomic E-state index is 0.00776. The van der Waals surface area contributed by atoms with Gasteiger partial charge in [-0.3, -0.25) is 5.32 Å². The first-order chi connectivity index (χ1) is 19.0. The van der Waals surface area contributed by atoms with Crippen LogP contribution in [0.2, 0.25) is 0 Å². The van der Waals surface area contributed by atoms with E-state index < -0.39 is 6.09 Å². The molecule has 0 unspecified atom stereocenters. The zero-order valence-electron chi connectivity index (χ0n) is 21.8. The number of amides is 1. The van der Waals surface area contributed by atoms with Gasteiger partial charge < -0.3 is 30.0 Å². The Labute approximate surface area is 225 Å². The van der Waals surface area contributed by atoms with Crippen molar-refractivity contribution in [2.24, 2.45) is 0 Å². The number of nitrogens with zero attached hydrogens (tertiary/aromatic N) is 1. The predicted octanol–water partition coefficient (Wildman–Crippen LogP) is 6.49. The summed E-state index contributed by atoms with van der Waals surface area (Å²) in [7, 11) is 4.51. The Bertz CT molecular complexity index is 1590. The molecule has 0 aliphatic rings. The highest BCUT2D eigenvalue weighted by Gasteiger charge is 2.15. The van der Waals surface area contributed by atoms with Crippen LogP contribution in [0.5, 0.6) is 17.2 Å². The summed E-state index contributed by atoms with van der Waals surface area (Å²) in [5.74, 6) is 1.25. The molecule has 0 radical (unpaired) electrons. The van der Waals surface area contributed by atoms with Crippen molar-refractivity contribution in [3.8, 4) is 17.2 Å². The smallest absolute Gasteiger partial charge is 0.411 e. The number of fused-ring (bicyclic) bond motifs is 2. The van der Waals surface area contributed by atoms with Crippen LogP contribution in [0.3, 0.4) is 0 Å². The third-order valence-corrected chi connectivity index (χ3v) is 6.15. The van der Waals surface area contributed by atoms with Gasteiger partial charge in [-0.2, -0.15) is 0 Å². The van der Waals surface area contributed by atoms with Crippen molar-refractivity contribution in [2.75, 3.05) is 37.7 Å². The Kier molecular flexibility index (Phi) is 7.22. The molecule has 0 aliphatic heterocycles. The van der Waals surface area contributed by atoms with E-state index in [0.717, 1.165) is 38.7 Å². The van der Waals surface area contributed by atoms with E-state index in [1.807, 2.05) is 60.7 Å². The van der Waals surface area contributed by atoms with Crippen molar-refractivity contribution in [3.63, 3.8) is 0 Å². The quantitative estimate of drug-likeness (QED) is 0.156. The van der Waals surface area contributed by atoms with Gasteiger partial charge in [0.2, 0.25) is 5.75 Å². The van der Waals surface area contributed by atoms with Gasteiger partial charge in [0.25, 0.3) is 0 Å². The molecule has 1 amide bonds. The minimum Gasteiger partial charge on any atom is -0.493 e. The number of carbonyl (C=O) groups is 1. The number of methoxy groups -OCH3 is 3. The molecule has 0 aliphatic carbocycles. The number of nitrogens with one attached hydrogen (secondary N) is 2. The lowest BCUT2D eigenvalue weighted by Gasteiger charge is -2.16. The summed E-state index contributed by atoms with van der Waals surface area (Å²) in [6, 6.07) is 24.7. The second-order valence-electron chi connectivity index (χ2n) is 8.72. The molecule has 1 heterocycles. The summed E-state index contributed by atoms with van der Waals surface area (Å²) < 4.78 is 21.5. The minimum atomic E-state index is -0.646. The highest BCUT2D eigenvalue weighted by molar-refractivity contribution is 6.08. The van der Waals surface area contributed by atoms with E-state index in [-0.39, 0.29) is 6.61 Å². The van der Waals surface area contributed by atoms with Gasteiger partial charge in [0, 0.05) is 34.3 Å². The lowest BCUT2D eigenvalue weighted by Crippen LogP contribution is -2.14. The molecule has 0 saturated heterocycles. The molecule has 4 aromatic carbocycles. The van der Waals surface area contributed by atoms with Crippen LogP contribution in [-0.4, -0.2) is 32.4 Å². The molecule has 4 N–H and O–H groups in total. The van der Waals surface area contributed by atoms with Crippen LogP contribution in [0, 0.1) is 0 Å². The number of pyridine rings is 1. The number of hydrogen-bond acceptors (Lipinski definition) is 8. The average molecular weight is 525 g/mol. The number of anilines is 4. The van der Waals surface area contributed by atoms with Crippen molar-refractivity contribution < 1.29 is 23.7 Å². The van der Waals surface area contributed by atoms with Crippen LogP contribution in [0.15, 0.2) is 78.9 Å². The van der Waals surface area contributed by atoms with Crippen molar-refractivity contribution in [1.82, 2.24) is 4.98 Å². The fourth-order valence-electron chi connectivity index (χ4n) is 4.45. The Balaban J connectivity index is 1.35. The molecule has 1 aromatic heterocycles. The predicted molar refractivity (Wildman–Crippen MR) is 153 cm³/mol. The lowest BCUT2D eigenvalue weighted by atomic mass is 10.1. The summed E-state index contributed by atoms with van der Waals surface area (Å²) in [5, 5.41) is 8.19. The van der Waals surface area contributed by atoms with Gasteiger partial charge >= 0.3 is 6.09 Å².